The first-order valence-electron chi connectivity index (χ1n) is 3.99. The van der Waals surface area contributed by atoms with E-state index in [9.17, 15) is 4.79 Å². The standard InChI is InChI=1S/C9H11NO/c1-7-5-6-10-8(7)3-2-4-9(10)11/h2-4,7H,5-6H2,1H3. The van der Waals surface area contributed by atoms with Gasteiger partial charge in [0.05, 0.1) is 0 Å². The minimum absolute atomic E-state index is 0.145. The summed E-state index contributed by atoms with van der Waals surface area (Å²) in [5, 5.41) is 0. The van der Waals surface area contributed by atoms with Gasteiger partial charge in [-0.2, -0.15) is 0 Å². The fourth-order valence-electron chi connectivity index (χ4n) is 1.68. The minimum Gasteiger partial charge on any atom is -0.312 e. The van der Waals surface area contributed by atoms with E-state index in [1.807, 2.05) is 16.7 Å². The van der Waals surface area contributed by atoms with Crippen LogP contribution in [0.5, 0.6) is 0 Å². The van der Waals surface area contributed by atoms with E-state index in [0.717, 1.165) is 13.0 Å². The molecule has 0 N–H and O–H groups in total. The van der Waals surface area contributed by atoms with Gasteiger partial charge in [0.15, 0.2) is 0 Å². The van der Waals surface area contributed by atoms with Gasteiger partial charge >= 0.3 is 0 Å². The lowest BCUT2D eigenvalue weighted by atomic mass is 10.1. The number of pyridine rings is 1. The molecular weight excluding hydrogens is 138 g/mol. The second kappa shape index (κ2) is 2.22. The summed E-state index contributed by atoms with van der Waals surface area (Å²) >= 11 is 0. The van der Waals surface area contributed by atoms with E-state index in [4.69, 9.17) is 0 Å². The summed E-state index contributed by atoms with van der Waals surface area (Å²) in [5.41, 5.74) is 1.34. The van der Waals surface area contributed by atoms with Crippen LogP contribution in [-0.4, -0.2) is 4.57 Å². The molecule has 58 valence electrons. The van der Waals surface area contributed by atoms with Crippen LogP contribution in [0, 0.1) is 0 Å². The van der Waals surface area contributed by atoms with Crippen LogP contribution >= 0.6 is 0 Å². The summed E-state index contributed by atoms with van der Waals surface area (Å²) in [4.78, 5) is 11.2. The maximum Gasteiger partial charge on any atom is 0.250 e. The molecule has 0 amide bonds. The first-order chi connectivity index (χ1) is 5.29. The fourth-order valence-corrected chi connectivity index (χ4v) is 1.68. The quantitative estimate of drug-likeness (QED) is 0.546. The molecular formula is C9H11NO. The third-order valence-electron chi connectivity index (χ3n) is 2.37. The Morgan fingerprint density at radius 2 is 2.36 bits per heavy atom. The van der Waals surface area contributed by atoms with Crippen LogP contribution in [-0.2, 0) is 6.54 Å². The number of aromatic nitrogens is 1. The molecule has 2 heterocycles. The van der Waals surface area contributed by atoms with Gasteiger partial charge in [-0.3, -0.25) is 4.79 Å². The third kappa shape index (κ3) is 0.897. The highest BCUT2D eigenvalue weighted by atomic mass is 16.1. The molecule has 0 saturated heterocycles. The number of hydrogen-bond donors (Lipinski definition) is 0. The fraction of sp³-hybridized carbons (Fsp3) is 0.444. The Balaban J connectivity index is 2.66. The molecule has 2 heteroatoms. The first kappa shape index (κ1) is 6.65. The van der Waals surface area contributed by atoms with Crippen molar-refractivity contribution in [2.24, 2.45) is 0 Å². The van der Waals surface area contributed by atoms with Gasteiger partial charge in [-0.25, -0.2) is 0 Å². The average molecular weight is 149 g/mol. The van der Waals surface area contributed by atoms with Crippen LogP contribution in [0.2, 0.25) is 0 Å². The Hall–Kier alpha value is -1.05. The van der Waals surface area contributed by atoms with Gasteiger partial charge in [0, 0.05) is 18.3 Å². The highest BCUT2D eigenvalue weighted by Gasteiger charge is 2.17. The van der Waals surface area contributed by atoms with Gasteiger partial charge in [0.2, 0.25) is 0 Å². The predicted molar refractivity (Wildman–Crippen MR) is 43.7 cm³/mol. The molecule has 1 unspecified atom stereocenters. The maximum absolute atomic E-state index is 11.2. The highest BCUT2D eigenvalue weighted by Crippen LogP contribution is 2.24. The van der Waals surface area contributed by atoms with Crippen molar-refractivity contribution in [3.63, 3.8) is 0 Å². The molecule has 0 aromatic carbocycles. The molecule has 2 rings (SSSR count). The molecule has 11 heavy (non-hydrogen) atoms. The number of rotatable bonds is 0. The molecule has 1 aromatic heterocycles. The zero-order valence-corrected chi connectivity index (χ0v) is 6.58. The van der Waals surface area contributed by atoms with Crippen molar-refractivity contribution in [1.82, 2.24) is 4.57 Å². The van der Waals surface area contributed by atoms with E-state index < -0.39 is 0 Å². The van der Waals surface area contributed by atoms with Crippen molar-refractivity contribution < 1.29 is 0 Å². The van der Waals surface area contributed by atoms with Gasteiger partial charge < -0.3 is 4.57 Å². The maximum atomic E-state index is 11.2. The SMILES string of the molecule is CC1CCn2c1cccc2=O. The predicted octanol–water partition coefficient (Wildman–Crippen LogP) is 1.36. The van der Waals surface area contributed by atoms with E-state index in [1.54, 1.807) is 6.07 Å². The zero-order chi connectivity index (χ0) is 7.84. The Bertz CT molecular complexity index is 327. The molecule has 0 aliphatic carbocycles. The first-order valence-corrected chi connectivity index (χ1v) is 3.99. The largest absolute Gasteiger partial charge is 0.312 e. The Morgan fingerprint density at radius 3 is 3.09 bits per heavy atom. The van der Waals surface area contributed by atoms with Crippen LogP contribution in [0.4, 0.5) is 0 Å². The number of hydrogen-bond acceptors (Lipinski definition) is 1. The molecule has 0 fully saturated rings. The average Bonchev–Trinajstić information content (AvgIpc) is 2.35. The Labute approximate surface area is 65.5 Å². The van der Waals surface area contributed by atoms with Crippen LogP contribution in [0.15, 0.2) is 23.0 Å². The van der Waals surface area contributed by atoms with Gasteiger partial charge in [-0.15, -0.1) is 0 Å². The molecule has 0 spiro atoms. The molecule has 1 atom stereocenters. The van der Waals surface area contributed by atoms with Crippen molar-refractivity contribution in [1.29, 1.82) is 0 Å². The molecule has 0 radical (unpaired) electrons. The lowest BCUT2D eigenvalue weighted by molar-refractivity contribution is 0.693. The molecule has 2 nitrogen and oxygen atoms in total. The van der Waals surface area contributed by atoms with Crippen molar-refractivity contribution in [2.45, 2.75) is 25.8 Å². The smallest absolute Gasteiger partial charge is 0.250 e. The summed E-state index contributed by atoms with van der Waals surface area (Å²) in [7, 11) is 0. The molecule has 0 saturated carbocycles. The second-order valence-electron chi connectivity index (χ2n) is 3.13. The second-order valence-corrected chi connectivity index (χ2v) is 3.13. The van der Waals surface area contributed by atoms with Crippen molar-refractivity contribution in [2.75, 3.05) is 0 Å². The summed E-state index contributed by atoms with van der Waals surface area (Å²) in [6.45, 7) is 3.06. The zero-order valence-electron chi connectivity index (χ0n) is 6.58. The van der Waals surface area contributed by atoms with Gasteiger partial charge in [-0.1, -0.05) is 13.0 Å². The minimum atomic E-state index is 0.145. The summed E-state index contributed by atoms with van der Waals surface area (Å²) in [6.07, 6.45) is 1.11. The van der Waals surface area contributed by atoms with E-state index in [0.29, 0.717) is 5.92 Å². The van der Waals surface area contributed by atoms with Gasteiger partial charge in [0.1, 0.15) is 0 Å². The number of nitrogens with zero attached hydrogens (tertiary/aromatic N) is 1. The Morgan fingerprint density at radius 1 is 1.55 bits per heavy atom. The third-order valence-corrected chi connectivity index (χ3v) is 2.37. The van der Waals surface area contributed by atoms with Crippen molar-refractivity contribution in [3.05, 3.63) is 34.2 Å². The molecule has 1 aliphatic heterocycles. The summed E-state index contributed by atoms with van der Waals surface area (Å²) in [5.74, 6) is 0.559. The van der Waals surface area contributed by atoms with Crippen LogP contribution in [0.25, 0.3) is 0 Å². The van der Waals surface area contributed by atoms with E-state index in [-0.39, 0.29) is 5.56 Å². The lowest BCUT2D eigenvalue weighted by Gasteiger charge is -2.02. The molecule has 1 aliphatic rings. The summed E-state index contributed by atoms with van der Waals surface area (Å²) in [6, 6.07) is 5.51. The van der Waals surface area contributed by atoms with Crippen LogP contribution < -0.4 is 5.56 Å². The van der Waals surface area contributed by atoms with E-state index in [1.165, 1.54) is 5.69 Å². The molecule has 0 bridgehead atoms. The normalized spacial score (nSPS) is 21.7. The van der Waals surface area contributed by atoms with Crippen LogP contribution in [0.3, 0.4) is 0 Å². The Kier molecular flexibility index (Phi) is 1.34. The highest BCUT2D eigenvalue weighted by molar-refractivity contribution is 5.14. The van der Waals surface area contributed by atoms with E-state index in [2.05, 4.69) is 6.92 Å². The number of fused-ring (bicyclic) bond motifs is 1. The summed E-state index contributed by atoms with van der Waals surface area (Å²) < 4.78 is 1.87. The lowest BCUT2D eigenvalue weighted by Crippen LogP contribution is -2.17. The van der Waals surface area contributed by atoms with Crippen LogP contribution in [0.1, 0.15) is 25.0 Å². The van der Waals surface area contributed by atoms with E-state index >= 15 is 0 Å². The van der Waals surface area contributed by atoms with Crippen molar-refractivity contribution in [3.8, 4) is 0 Å². The van der Waals surface area contributed by atoms with Gasteiger partial charge in [0.25, 0.3) is 5.56 Å². The monoisotopic (exact) mass is 149 g/mol. The molecule has 1 aromatic rings. The topological polar surface area (TPSA) is 22.0 Å². The van der Waals surface area contributed by atoms with Crippen molar-refractivity contribution >= 4 is 0 Å². The van der Waals surface area contributed by atoms with Gasteiger partial charge in [-0.05, 0) is 18.4 Å².